The number of likely N-dealkylation sites (N-methyl/N-ethyl adjacent to an activating group) is 1. The Bertz CT molecular complexity index is 1110. The third-order valence-corrected chi connectivity index (χ3v) is 5.62. The molecule has 1 aliphatic heterocycles. The van der Waals surface area contributed by atoms with Gasteiger partial charge in [-0.15, -0.1) is 0 Å². The number of unbranched alkanes of at least 4 members (excludes halogenated alkanes) is 1. The fourth-order valence-electron chi connectivity index (χ4n) is 4.10. The number of carbonyl (C=O) groups is 2. The molecule has 0 fully saturated rings. The van der Waals surface area contributed by atoms with Crippen LogP contribution in [0.5, 0.6) is 5.75 Å². The van der Waals surface area contributed by atoms with E-state index in [2.05, 4.69) is 22.4 Å². The first-order chi connectivity index (χ1) is 14.5. The number of phenols is 1. The topological polar surface area (TPSA) is 98.3 Å². The van der Waals surface area contributed by atoms with Crippen LogP contribution >= 0.6 is 0 Å². The van der Waals surface area contributed by atoms with Crippen molar-refractivity contribution in [2.45, 2.75) is 45.7 Å². The van der Waals surface area contributed by atoms with Gasteiger partial charge in [0.05, 0.1) is 11.1 Å². The maximum atomic E-state index is 13.5. The monoisotopic (exact) mass is 406 g/mol. The van der Waals surface area contributed by atoms with Crippen LogP contribution in [-0.4, -0.2) is 38.6 Å². The van der Waals surface area contributed by atoms with Gasteiger partial charge in [-0.25, -0.2) is 0 Å². The van der Waals surface area contributed by atoms with Gasteiger partial charge in [0.15, 0.2) is 0 Å². The third kappa shape index (κ3) is 3.40. The Kier molecular flexibility index (Phi) is 5.44. The fraction of sp³-hybridized carbons (Fsp3) is 0.348. The number of aromatic nitrogens is 2. The van der Waals surface area contributed by atoms with Crippen LogP contribution in [0.15, 0.2) is 36.4 Å². The summed E-state index contributed by atoms with van der Waals surface area (Å²) in [5.74, 6) is -0.723. The Morgan fingerprint density at radius 3 is 2.83 bits per heavy atom. The van der Waals surface area contributed by atoms with Crippen LogP contribution in [0.2, 0.25) is 0 Å². The number of hydrogen-bond donors (Lipinski definition) is 3. The van der Waals surface area contributed by atoms with Crippen molar-refractivity contribution in [3.63, 3.8) is 0 Å². The SMILES string of the molecule is CCCCc1[nH]nc2cc(O)c(C(=O)N3Cc4ccccc4C3C(=O)NCC)cc12. The second kappa shape index (κ2) is 8.18. The molecule has 0 aliphatic carbocycles. The van der Waals surface area contributed by atoms with Gasteiger partial charge in [-0.3, -0.25) is 14.7 Å². The number of phenolic OH excluding ortho intramolecular Hbond substituents is 1. The number of aromatic hydroxyl groups is 1. The number of amides is 2. The molecule has 1 unspecified atom stereocenters. The number of hydrogen-bond acceptors (Lipinski definition) is 4. The molecule has 7 nitrogen and oxygen atoms in total. The summed E-state index contributed by atoms with van der Waals surface area (Å²) in [6.07, 6.45) is 2.87. The van der Waals surface area contributed by atoms with E-state index < -0.39 is 6.04 Å². The number of aromatic amines is 1. The van der Waals surface area contributed by atoms with Gasteiger partial charge in [0.1, 0.15) is 11.8 Å². The molecule has 0 spiro atoms. The van der Waals surface area contributed by atoms with Crippen molar-refractivity contribution in [1.29, 1.82) is 0 Å². The van der Waals surface area contributed by atoms with E-state index in [1.165, 1.54) is 11.0 Å². The Balaban J connectivity index is 1.73. The first-order valence-electron chi connectivity index (χ1n) is 10.4. The molecule has 0 bridgehead atoms. The number of carbonyl (C=O) groups excluding carboxylic acids is 2. The molecule has 1 aliphatic rings. The Labute approximate surface area is 175 Å². The minimum absolute atomic E-state index is 0.133. The molecule has 0 saturated carbocycles. The van der Waals surface area contributed by atoms with Crippen molar-refractivity contribution >= 4 is 22.7 Å². The Hall–Kier alpha value is -3.35. The highest BCUT2D eigenvalue weighted by Gasteiger charge is 2.39. The molecule has 3 aromatic rings. The predicted molar refractivity (Wildman–Crippen MR) is 114 cm³/mol. The molecule has 1 atom stereocenters. The number of aryl methyl sites for hydroxylation is 1. The normalized spacial score (nSPS) is 15.4. The van der Waals surface area contributed by atoms with Gasteiger partial charge in [0.25, 0.3) is 5.91 Å². The molecule has 0 radical (unpaired) electrons. The van der Waals surface area contributed by atoms with E-state index in [4.69, 9.17) is 0 Å². The van der Waals surface area contributed by atoms with Gasteiger partial charge in [-0.05, 0) is 37.0 Å². The second-order valence-electron chi connectivity index (χ2n) is 7.62. The molecule has 2 aromatic carbocycles. The van der Waals surface area contributed by atoms with E-state index in [0.717, 1.165) is 41.5 Å². The summed E-state index contributed by atoms with van der Waals surface area (Å²) >= 11 is 0. The summed E-state index contributed by atoms with van der Waals surface area (Å²) in [4.78, 5) is 27.8. The summed E-state index contributed by atoms with van der Waals surface area (Å²) in [6.45, 7) is 4.77. The quantitative estimate of drug-likeness (QED) is 0.584. The van der Waals surface area contributed by atoms with Crippen LogP contribution in [-0.2, 0) is 17.8 Å². The molecule has 156 valence electrons. The summed E-state index contributed by atoms with van der Waals surface area (Å²) in [5, 5.41) is 21.5. The molecular formula is C23H26N4O3. The van der Waals surface area contributed by atoms with Crippen molar-refractivity contribution in [3.8, 4) is 5.75 Å². The molecule has 1 aromatic heterocycles. The third-order valence-electron chi connectivity index (χ3n) is 5.62. The smallest absolute Gasteiger partial charge is 0.258 e. The number of benzene rings is 2. The van der Waals surface area contributed by atoms with Gasteiger partial charge in [-0.1, -0.05) is 37.6 Å². The molecule has 30 heavy (non-hydrogen) atoms. The molecule has 2 heterocycles. The van der Waals surface area contributed by atoms with E-state index in [9.17, 15) is 14.7 Å². The highest BCUT2D eigenvalue weighted by molar-refractivity contribution is 6.03. The van der Waals surface area contributed by atoms with Crippen molar-refractivity contribution in [2.75, 3.05) is 6.54 Å². The van der Waals surface area contributed by atoms with E-state index in [0.29, 0.717) is 18.6 Å². The lowest BCUT2D eigenvalue weighted by atomic mass is 10.0. The lowest BCUT2D eigenvalue weighted by molar-refractivity contribution is -0.125. The summed E-state index contributed by atoms with van der Waals surface area (Å²) in [5.41, 5.74) is 3.52. The average Bonchev–Trinajstić information content (AvgIpc) is 3.32. The highest BCUT2D eigenvalue weighted by atomic mass is 16.3. The van der Waals surface area contributed by atoms with Gasteiger partial charge in [0.2, 0.25) is 5.91 Å². The standard InChI is InChI=1S/C23H26N4O3/c1-3-5-10-18-16-11-17(20(28)12-19(16)26-25-18)23(30)27-13-14-8-6-7-9-15(14)21(27)22(29)24-4-2/h6-9,11-12,21,28H,3-5,10,13H2,1-2H3,(H,24,29)(H,25,26). The largest absolute Gasteiger partial charge is 0.507 e. The van der Waals surface area contributed by atoms with Crippen molar-refractivity contribution in [3.05, 3.63) is 58.8 Å². The lowest BCUT2D eigenvalue weighted by Crippen LogP contribution is -2.39. The van der Waals surface area contributed by atoms with Crippen LogP contribution in [0, 0.1) is 0 Å². The van der Waals surface area contributed by atoms with Crippen LogP contribution < -0.4 is 5.32 Å². The number of nitrogens with zero attached hydrogens (tertiary/aromatic N) is 2. The van der Waals surface area contributed by atoms with E-state index >= 15 is 0 Å². The predicted octanol–water partition coefficient (Wildman–Crippen LogP) is 3.44. The number of rotatable bonds is 6. The molecule has 7 heteroatoms. The zero-order valence-corrected chi connectivity index (χ0v) is 17.2. The molecular weight excluding hydrogens is 380 g/mol. The summed E-state index contributed by atoms with van der Waals surface area (Å²) < 4.78 is 0. The van der Waals surface area contributed by atoms with Crippen molar-refractivity contribution in [1.82, 2.24) is 20.4 Å². The summed E-state index contributed by atoms with van der Waals surface area (Å²) in [7, 11) is 0. The minimum Gasteiger partial charge on any atom is -0.507 e. The first kappa shape index (κ1) is 19.9. The van der Waals surface area contributed by atoms with E-state index in [1.54, 1.807) is 6.07 Å². The minimum atomic E-state index is -0.715. The van der Waals surface area contributed by atoms with Gasteiger partial charge in [-0.2, -0.15) is 5.10 Å². The van der Waals surface area contributed by atoms with Crippen LogP contribution in [0.25, 0.3) is 10.9 Å². The number of H-pyrrole nitrogens is 1. The maximum Gasteiger partial charge on any atom is 0.258 e. The van der Waals surface area contributed by atoms with Gasteiger partial charge >= 0.3 is 0 Å². The number of nitrogens with one attached hydrogen (secondary N) is 2. The van der Waals surface area contributed by atoms with Crippen molar-refractivity contribution < 1.29 is 14.7 Å². The highest BCUT2D eigenvalue weighted by Crippen LogP contribution is 2.37. The fourth-order valence-corrected chi connectivity index (χ4v) is 4.10. The van der Waals surface area contributed by atoms with Crippen LogP contribution in [0.3, 0.4) is 0 Å². The first-order valence-corrected chi connectivity index (χ1v) is 10.4. The molecule has 2 amide bonds. The maximum absolute atomic E-state index is 13.5. The van der Waals surface area contributed by atoms with E-state index in [1.807, 2.05) is 31.2 Å². The van der Waals surface area contributed by atoms with Crippen LogP contribution in [0.1, 0.15) is 59.9 Å². The Morgan fingerprint density at radius 2 is 2.07 bits per heavy atom. The molecule has 3 N–H and O–H groups in total. The summed E-state index contributed by atoms with van der Waals surface area (Å²) in [6, 6.07) is 10.1. The molecule has 0 saturated heterocycles. The second-order valence-corrected chi connectivity index (χ2v) is 7.62. The lowest BCUT2D eigenvalue weighted by Gasteiger charge is -2.25. The zero-order chi connectivity index (χ0) is 21.3. The number of fused-ring (bicyclic) bond motifs is 2. The van der Waals surface area contributed by atoms with E-state index in [-0.39, 0.29) is 23.1 Å². The van der Waals surface area contributed by atoms with Crippen LogP contribution in [0.4, 0.5) is 0 Å². The molecule has 4 rings (SSSR count). The average molecular weight is 406 g/mol. The van der Waals surface area contributed by atoms with Crippen molar-refractivity contribution in [2.24, 2.45) is 0 Å². The van der Waals surface area contributed by atoms with Gasteiger partial charge in [0, 0.05) is 30.2 Å². The zero-order valence-electron chi connectivity index (χ0n) is 17.2. The Morgan fingerprint density at radius 1 is 1.27 bits per heavy atom. The van der Waals surface area contributed by atoms with Gasteiger partial charge < -0.3 is 15.3 Å².